The third-order valence-electron chi connectivity index (χ3n) is 17.1. The molecule has 0 aromatic heterocycles. The smallest absolute Gasteiger partial charge is 0.462 e. The van der Waals surface area contributed by atoms with E-state index < -0.39 is 97.5 Å². The first-order valence-corrected chi connectivity index (χ1v) is 41.2. The van der Waals surface area contributed by atoms with Gasteiger partial charge in [-0.25, -0.2) is 9.13 Å². The van der Waals surface area contributed by atoms with Crippen molar-refractivity contribution in [3.8, 4) is 0 Å². The fourth-order valence-electron chi connectivity index (χ4n) is 11.2. The lowest BCUT2D eigenvalue weighted by atomic mass is 10.0. The first-order valence-electron chi connectivity index (χ1n) is 38.2. The third kappa shape index (κ3) is 68.4. The summed E-state index contributed by atoms with van der Waals surface area (Å²) in [4.78, 5) is 72.7. The average molecular weight is 1370 g/mol. The van der Waals surface area contributed by atoms with Crippen molar-refractivity contribution >= 4 is 39.5 Å². The number of carbonyl (C=O) groups excluding carboxylic acids is 4. The molecular formula is C74H144O17P2. The van der Waals surface area contributed by atoms with Crippen LogP contribution >= 0.6 is 15.6 Å². The Balaban J connectivity index is 5.24. The summed E-state index contributed by atoms with van der Waals surface area (Å²) in [5.41, 5.74) is 0. The van der Waals surface area contributed by atoms with Crippen molar-refractivity contribution in [3.63, 3.8) is 0 Å². The van der Waals surface area contributed by atoms with Gasteiger partial charge in [-0.15, -0.1) is 0 Å². The van der Waals surface area contributed by atoms with Crippen molar-refractivity contribution in [3.05, 3.63) is 0 Å². The van der Waals surface area contributed by atoms with Gasteiger partial charge in [0.2, 0.25) is 0 Å². The van der Waals surface area contributed by atoms with Gasteiger partial charge < -0.3 is 33.8 Å². The number of aliphatic hydroxyl groups is 1. The molecule has 3 N–H and O–H groups in total. The Kier molecular flexibility index (Phi) is 62.2. The van der Waals surface area contributed by atoms with Crippen molar-refractivity contribution in [1.82, 2.24) is 0 Å². The van der Waals surface area contributed by atoms with Gasteiger partial charge in [-0.05, 0) is 49.4 Å². The van der Waals surface area contributed by atoms with Crippen molar-refractivity contribution < 1.29 is 80.2 Å². The van der Waals surface area contributed by atoms with Crippen LogP contribution in [0.1, 0.15) is 370 Å². The minimum absolute atomic E-state index is 0.106. The molecule has 0 aromatic rings. The largest absolute Gasteiger partial charge is 0.472 e. The van der Waals surface area contributed by atoms with Crippen LogP contribution in [-0.2, 0) is 65.4 Å². The van der Waals surface area contributed by atoms with Crippen molar-refractivity contribution in [2.24, 2.45) is 23.7 Å². The second-order valence-electron chi connectivity index (χ2n) is 28.6. The maximum Gasteiger partial charge on any atom is 0.472 e. The molecule has 0 bridgehead atoms. The summed E-state index contributed by atoms with van der Waals surface area (Å²) in [7, 11) is -9.91. The molecule has 0 amide bonds. The van der Waals surface area contributed by atoms with Crippen LogP contribution in [0.2, 0.25) is 0 Å². The van der Waals surface area contributed by atoms with E-state index in [4.69, 9.17) is 37.0 Å². The summed E-state index contributed by atoms with van der Waals surface area (Å²) >= 11 is 0. The van der Waals surface area contributed by atoms with Crippen LogP contribution in [-0.4, -0.2) is 96.7 Å². The van der Waals surface area contributed by atoms with Gasteiger partial charge >= 0.3 is 39.5 Å². The molecule has 5 atom stereocenters. The maximum absolute atomic E-state index is 13.0. The zero-order valence-electron chi connectivity index (χ0n) is 60.9. The Bertz CT molecular complexity index is 1830. The van der Waals surface area contributed by atoms with Crippen molar-refractivity contribution in [2.45, 2.75) is 388 Å². The molecule has 0 saturated carbocycles. The standard InChI is InChI=1S/C74H144O17P2/c1-64(2)50-42-34-26-19-15-11-9-13-17-21-31-40-48-56-73(78)90-69(60-84-71(76)54-46-38-30-24-23-28-36-44-52-66(5)6)62-88-92(80,81)86-58-68(75)59-87-93(82,83)89-63-70(61-85-72(77)55-47-39-33-25-29-37-45-53-67(7)8)91-74(79)57-49-41-32-22-18-14-10-12-16-20-27-35-43-51-65(3)4/h64-70,75H,9-63H2,1-8H3,(H,80,81)(H,82,83)/t68?,69-,70-/m1/s1. The van der Waals surface area contributed by atoms with Crippen molar-refractivity contribution in [1.29, 1.82) is 0 Å². The van der Waals surface area contributed by atoms with E-state index in [2.05, 4.69) is 55.4 Å². The summed E-state index contributed by atoms with van der Waals surface area (Å²) in [5, 5.41) is 10.6. The third-order valence-corrected chi connectivity index (χ3v) is 19.0. The predicted molar refractivity (Wildman–Crippen MR) is 377 cm³/mol. The number of unbranched alkanes of at least 4 members (excludes halogenated alkanes) is 37. The zero-order valence-corrected chi connectivity index (χ0v) is 62.7. The van der Waals surface area contributed by atoms with Gasteiger partial charge in [-0.2, -0.15) is 0 Å². The molecular weight excluding hydrogens is 1220 g/mol. The fourth-order valence-corrected chi connectivity index (χ4v) is 12.8. The van der Waals surface area contributed by atoms with Crippen LogP contribution in [0.3, 0.4) is 0 Å². The minimum atomic E-state index is -4.96. The fraction of sp³-hybridized carbons (Fsp3) is 0.946. The van der Waals surface area contributed by atoms with Gasteiger partial charge in [-0.3, -0.25) is 37.3 Å². The molecule has 0 aromatic carbocycles. The van der Waals surface area contributed by atoms with Crippen molar-refractivity contribution in [2.75, 3.05) is 39.6 Å². The highest BCUT2D eigenvalue weighted by molar-refractivity contribution is 7.47. The molecule has 17 nitrogen and oxygen atoms in total. The molecule has 19 heteroatoms. The summed E-state index contributed by atoms with van der Waals surface area (Å²) in [5.74, 6) is 0.880. The Morgan fingerprint density at radius 3 is 0.667 bits per heavy atom. The summed E-state index contributed by atoms with van der Waals surface area (Å²) in [6.45, 7) is 14.1. The van der Waals surface area contributed by atoms with Crippen LogP contribution in [0.15, 0.2) is 0 Å². The average Bonchev–Trinajstić information content (AvgIpc) is 3.08. The highest BCUT2D eigenvalue weighted by Gasteiger charge is 2.30. The first-order chi connectivity index (χ1) is 44.6. The molecule has 0 spiro atoms. The normalized spacial score (nSPS) is 14.2. The lowest BCUT2D eigenvalue weighted by Gasteiger charge is -2.21. The second-order valence-corrected chi connectivity index (χ2v) is 31.5. The van der Waals surface area contributed by atoms with Crippen LogP contribution in [0, 0.1) is 23.7 Å². The van der Waals surface area contributed by atoms with Crippen LogP contribution in [0.5, 0.6) is 0 Å². The molecule has 552 valence electrons. The van der Waals surface area contributed by atoms with E-state index in [1.807, 2.05) is 0 Å². The van der Waals surface area contributed by atoms with Gasteiger partial charge in [0.15, 0.2) is 12.2 Å². The lowest BCUT2D eigenvalue weighted by Crippen LogP contribution is -2.30. The number of ether oxygens (including phenoxy) is 4. The topological polar surface area (TPSA) is 237 Å². The van der Waals surface area contributed by atoms with E-state index in [1.54, 1.807) is 0 Å². The van der Waals surface area contributed by atoms with E-state index >= 15 is 0 Å². The van der Waals surface area contributed by atoms with E-state index in [0.717, 1.165) is 114 Å². The number of phosphoric acid groups is 2. The number of carbonyl (C=O) groups is 4. The lowest BCUT2D eigenvalue weighted by molar-refractivity contribution is -0.161. The van der Waals surface area contributed by atoms with Crippen LogP contribution < -0.4 is 0 Å². The van der Waals surface area contributed by atoms with Crippen LogP contribution in [0.25, 0.3) is 0 Å². The molecule has 0 aliphatic carbocycles. The quantitative estimate of drug-likeness (QED) is 0.0222. The molecule has 0 rings (SSSR count). The highest BCUT2D eigenvalue weighted by Crippen LogP contribution is 2.45. The van der Waals surface area contributed by atoms with Crippen LogP contribution in [0.4, 0.5) is 0 Å². The van der Waals surface area contributed by atoms with E-state index in [9.17, 15) is 43.2 Å². The SMILES string of the molecule is CC(C)CCCCCCCCCCCCCCCC(=O)O[C@H](COC(=O)CCCCCCCCCCC(C)C)COP(=O)(O)OCC(O)COP(=O)(O)OC[C@@H](COC(=O)CCCCCCCCCC(C)C)OC(=O)CCCCCCCCCCCCCCCC(C)C. The Hall–Kier alpha value is -1.94. The number of hydrogen-bond donors (Lipinski definition) is 3. The summed E-state index contributed by atoms with van der Waals surface area (Å²) < 4.78 is 68.4. The molecule has 0 heterocycles. The maximum atomic E-state index is 13.0. The highest BCUT2D eigenvalue weighted by atomic mass is 31.2. The Morgan fingerprint density at radius 1 is 0.269 bits per heavy atom. The van der Waals surface area contributed by atoms with Gasteiger partial charge in [0.25, 0.3) is 0 Å². The molecule has 0 saturated heterocycles. The summed E-state index contributed by atoms with van der Waals surface area (Å²) in [6.07, 6.45) is 47.3. The van der Waals surface area contributed by atoms with Gasteiger partial charge in [-0.1, -0.05) is 319 Å². The van der Waals surface area contributed by atoms with E-state index in [-0.39, 0.29) is 25.7 Å². The first kappa shape index (κ1) is 91.1. The zero-order chi connectivity index (χ0) is 68.9. The molecule has 0 fully saturated rings. The van der Waals surface area contributed by atoms with E-state index in [0.29, 0.717) is 31.6 Å². The number of rotatable bonds is 71. The van der Waals surface area contributed by atoms with Gasteiger partial charge in [0.05, 0.1) is 26.4 Å². The number of esters is 4. The Labute approximate surface area is 568 Å². The number of hydrogen-bond acceptors (Lipinski definition) is 15. The second kappa shape index (κ2) is 63.5. The number of phosphoric ester groups is 2. The molecule has 93 heavy (non-hydrogen) atoms. The summed E-state index contributed by atoms with van der Waals surface area (Å²) in [6, 6.07) is 0. The van der Waals surface area contributed by atoms with E-state index in [1.165, 1.54) is 167 Å². The van der Waals surface area contributed by atoms with Gasteiger partial charge in [0.1, 0.15) is 19.3 Å². The number of aliphatic hydroxyl groups excluding tert-OH is 1. The van der Waals surface area contributed by atoms with Gasteiger partial charge in [0, 0.05) is 25.7 Å². The molecule has 0 radical (unpaired) electrons. The predicted octanol–water partition coefficient (Wildman–Crippen LogP) is 21.3. The molecule has 0 aliphatic rings. The molecule has 3 unspecified atom stereocenters. The Morgan fingerprint density at radius 2 is 0.452 bits per heavy atom. The minimum Gasteiger partial charge on any atom is -0.462 e. The molecule has 0 aliphatic heterocycles. The monoisotopic (exact) mass is 1370 g/mol.